The molecule has 0 unspecified atom stereocenters. The molecule has 180 valence electrons. The zero-order chi connectivity index (χ0) is 23.7. The smallest absolute Gasteiger partial charge is 0.407 e. The standard InChI is InChI=1S/C22H41N3O6/c1-21(2,3)30-18(26)15-29-16-10-13-25(14-11-16)19(27)17(23)9-7-8-12-24-20(28)31-22(4,5)6/h16-17H,7-15,23H2,1-6H3,(H,24,28)/t17-/m0/s1. The third kappa shape index (κ3) is 12.5. The molecule has 3 N–H and O–H groups in total. The van der Waals surface area contributed by atoms with E-state index in [0.29, 0.717) is 38.9 Å². The summed E-state index contributed by atoms with van der Waals surface area (Å²) in [5.74, 6) is -0.445. The fourth-order valence-corrected chi connectivity index (χ4v) is 3.15. The molecule has 0 radical (unpaired) electrons. The highest BCUT2D eigenvalue weighted by atomic mass is 16.6. The molecule has 1 fully saturated rings. The molecule has 1 rings (SSSR count). The molecule has 0 aliphatic carbocycles. The Morgan fingerprint density at radius 2 is 1.58 bits per heavy atom. The van der Waals surface area contributed by atoms with E-state index in [9.17, 15) is 14.4 Å². The van der Waals surface area contributed by atoms with Crippen molar-refractivity contribution in [2.24, 2.45) is 5.73 Å². The van der Waals surface area contributed by atoms with E-state index in [2.05, 4.69) is 5.32 Å². The van der Waals surface area contributed by atoms with E-state index >= 15 is 0 Å². The normalized spacial score (nSPS) is 16.5. The second-order valence-electron chi connectivity index (χ2n) is 9.95. The van der Waals surface area contributed by atoms with Crippen LogP contribution >= 0.6 is 0 Å². The summed E-state index contributed by atoms with van der Waals surface area (Å²) in [4.78, 5) is 37.7. The van der Waals surface area contributed by atoms with Crippen molar-refractivity contribution in [1.29, 1.82) is 0 Å². The second-order valence-corrected chi connectivity index (χ2v) is 9.95. The summed E-state index contributed by atoms with van der Waals surface area (Å²) >= 11 is 0. The topological polar surface area (TPSA) is 120 Å². The zero-order valence-electron chi connectivity index (χ0n) is 20.0. The highest BCUT2D eigenvalue weighted by Crippen LogP contribution is 2.16. The SMILES string of the molecule is CC(C)(C)OC(=O)COC1CCN(C(=O)[C@@H](N)CCCCNC(=O)OC(C)(C)C)CC1. The summed E-state index contributed by atoms with van der Waals surface area (Å²) in [6.07, 6.45) is 2.85. The lowest BCUT2D eigenvalue weighted by atomic mass is 10.0. The number of carbonyl (C=O) groups excluding carboxylic acids is 3. The van der Waals surface area contributed by atoms with E-state index < -0.39 is 23.3 Å². The lowest BCUT2D eigenvalue weighted by Gasteiger charge is -2.33. The third-order valence-corrected chi connectivity index (χ3v) is 4.54. The molecule has 0 aromatic heterocycles. The van der Waals surface area contributed by atoms with Gasteiger partial charge in [0.2, 0.25) is 5.91 Å². The maximum atomic E-state index is 12.6. The van der Waals surface area contributed by atoms with Crippen LogP contribution in [0.4, 0.5) is 4.79 Å². The monoisotopic (exact) mass is 443 g/mol. The number of rotatable bonds is 9. The molecule has 9 nitrogen and oxygen atoms in total. The largest absolute Gasteiger partial charge is 0.458 e. The first kappa shape index (κ1) is 27.2. The summed E-state index contributed by atoms with van der Waals surface area (Å²) in [7, 11) is 0. The maximum Gasteiger partial charge on any atom is 0.407 e. The number of piperidine rings is 1. The first-order chi connectivity index (χ1) is 14.3. The summed E-state index contributed by atoms with van der Waals surface area (Å²) in [5, 5.41) is 2.70. The summed E-state index contributed by atoms with van der Waals surface area (Å²) < 4.78 is 16.0. The van der Waals surface area contributed by atoms with Crippen LogP contribution in [0.1, 0.15) is 73.6 Å². The van der Waals surface area contributed by atoms with E-state index in [1.165, 1.54) is 0 Å². The number of amides is 2. The Morgan fingerprint density at radius 1 is 1.00 bits per heavy atom. The Hall–Kier alpha value is -1.87. The number of carbonyl (C=O) groups is 3. The van der Waals surface area contributed by atoms with Crippen LogP contribution in [0.2, 0.25) is 0 Å². The Labute approximate surface area is 186 Å². The fourth-order valence-electron chi connectivity index (χ4n) is 3.15. The van der Waals surface area contributed by atoms with Crippen LogP contribution in [0.3, 0.4) is 0 Å². The van der Waals surface area contributed by atoms with Gasteiger partial charge in [-0.2, -0.15) is 0 Å². The Bertz CT molecular complexity index is 589. The van der Waals surface area contributed by atoms with E-state index in [1.807, 2.05) is 41.5 Å². The molecule has 0 aromatic carbocycles. The van der Waals surface area contributed by atoms with E-state index in [4.69, 9.17) is 19.9 Å². The molecule has 31 heavy (non-hydrogen) atoms. The van der Waals surface area contributed by atoms with E-state index in [0.717, 1.165) is 12.8 Å². The molecule has 0 bridgehead atoms. The van der Waals surface area contributed by atoms with Gasteiger partial charge < -0.3 is 30.2 Å². The van der Waals surface area contributed by atoms with Crippen molar-refractivity contribution in [2.45, 2.75) is 97.0 Å². The minimum absolute atomic E-state index is 0.0632. The van der Waals surface area contributed by atoms with Crippen LogP contribution in [0, 0.1) is 0 Å². The first-order valence-corrected chi connectivity index (χ1v) is 11.1. The van der Waals surface area contributed by atoms with Crippen molar-refractivity contribution in [3.05, 3.63) is 0 Å². The molecule has 1 heterocycles. The van der Waals surface area contributed by atoms with Crippen molar-refractivity contribution in [2.75, 3.05) is 26.2 Å². The molecule has 9 heteroatoms. The van der Waals surface area contributed by atoms with Crippen molar-refractivity contribution in [3.63, 3.8) is 0 Å². The number of hydrogen-bond acceptors (Lipinski definition) is 7. The number of nitrogens with two attached hydrogens (primary N) is 1. The number of unbranched alkanes of at least 4 members (excludes halogenated alkanes) is 1. The van der Waals surface area contributed by atoms with Gasteiger partial charge in [-0.1, -0.05) is 0 Å². The maximum absolute atomic E-state index is 12.6. The predicted molar refractivity (Wildman–Crippen MR) is 117 cm³/mol. The van der Waals surface area contributed by atoms with Gasteiger partial charge in [-0.05, 0) is 73.6 Å². The fraction of sp³-hybridized carbons (Fsp3) is 0.864. The van der Waals surface area contributed by atoms with Gasteiger partial charge in [0.15, 0.2) is 0 Å². The highest BCUT2D eigenvalue weighted by molar-refractivity contribution is 5.81. The summed E-state index contributed by atoms with van der Waals surface area (Å²) in [6.45, 7) is 12.4. The van der Waals surface area contributed by atoms with Gasteiger partial charge >= 0.3 is 12.1 Å². The number of esters is 1. The minimum Gasteiger partial charge on any atom is -0.458 e. The Morgan fingerprint density at radius 3 is 2.13 bits per heavy atom. The first-order valence-electron chi connectivity index (χ1n) is 11.1. The van der Waals surface area contributed by atoms with Gasteiger partial charge in [-0.3, -0.25) is 4.79 Å². The molecule has 1 aliphatic rings. The van der Waals surface area contributed by atoms with E-state index in [1.54, 1.807) is 4.90 Å². The lowest BCUT2D eigenvalue weighted by Crippen LogP contribution is -2.48. The average molecular weight is 444 g/mol. The van der Waals surface area contributed by atoms with Crippen molar-refractivity contribution < 1.29 is 28.6 Å². The highest BCUT2D eigenvalue weighted by Gasteiger charge is 2.27. The Kier molecular flexibility index (Phi) is 10.7. The van der Waals surface area contributed by atoms with Crippen LogP contribution in [0.25, 0.3) is 0 Å². The summed E-state index contributed by atoms with van der Waals surface area (Å²) in [5.41, 5.74) is 5.02. The second kappa shape index (κ2) is 12.2. The van der Waals surface area contributed by atoms with Crippen LogP contribution < -0.4 is 11.1 Å². The molecule has 1 atom stereocenters. The van der Waals surface area contributed by atoms with Gasteiger partial charge in [-0.15, -0.1) is 0 Å². The number of nitrogens with one attached hydrogen (secondary N) is 1. The quantitative estimate of drug-likeness (QED) is 0.414. The van der Waals surface area contributed by atoms with Crippen LogP contribution in [0.15, 0.2) is 0 Å². The van der Waals surface area contributed by atoms with Crippen LogP contribution in [-0.4, -0.2) is 72.5 Å². The molecule has 1 aliphatic heterocycles. The summed E-state index contributed by atoms with van der Waals surface area (Å²) in [6, 6.07) is -0.555. The van der Waals surface area contributed by atoms with Crippen LogP contribution in [0.5, 0.6) is 0 Å². The number of nitrogens with zero attached hydrogens (tertiary/aromatic N) is 1. The minimum atomic E-state index is -0.555. The number of hydrogen-bond donors (Lipinski definition) is 2. The molecular weight excluding hydrogens is 402 g/mol. The predicted octanol–water partition coefficient (Wildman–Crippen LogP) is 2.36. The lowest BCUT2D eigenvalue weighted by molar-refractivity contribution is -0.163. The average Bonchev–Trinajstić information content (AvgIpc) is 2.63. The molecule has 0 saturated carbocycles. The number of likely N-dealkylation sites (tertiary alicyclic amines) is 1. The Balaban J connectivity index is 2.19. The molecular formula is C22H41N3O6. The molecule has 1 saturated heterocycles. The number of ether oxygens (including phenoxy) is 3. The van der Waals surface area contributed by atoms with Crippen molar-refractivity contribution >= 4 is 18.0 Å². The third-order valence-electron chi connectivity index (χ3n) is 4.54. The van der Waals surface area contributed by atoms with Crippen molar-refractivity contribution in [3.8, 4) is 0 Å². The van der Waals surface area contributed by atoms with Crippen LogP contribution in [-0.2, 0) is 23.8 Å². The van der Waals surface area contributed by atoms with Gasteiger partial charge in [0.1, 0.15) is 17.8 Å². The van der Waals surface area contributed by atoms with Gasteiger partial charge in [0, 0.05) is 19.6 Å². The van der Waals surface area contributed by atoms with Crippen molar-refractivity contribution in [1.82, 2.24) is 10.2 Å². The zero-order valence-corrected chi connectivity index (χ0v) is 20.0. The van der Waals surface area contributed by atoms with E-state index in [-0.39, 0.29) is 24.6 Å². The molecule has 0 aromatic rings. The molecule has 0 spiro atoms. The van der Waals surface area contributed by atoms with Gasteiger partial charge in [0.05, 0.1) is 12.1 Å². The van der Waals surface area contributed by atoms with Gasteiger partial charge in [0.25, 0.3) is 0 Å². The number of alkyl carbamates (subject to hydrolysis) is 1. The molecule has 2 amide bonds. The van der Waals surface area contributed by atoms with Gasteiger partial charge in [-0.25, -0.2) is 9.59 Å².